The molecule has 0 saturated carbocycles. The minimum absolute atomic E-state index is 0.00177. The van der Waals surface area contributed by atoms with E-state index in [0.29, 0.717) is 0 Å². The van der Waals surface area contributed by atoms with Crippen molar-refractivity contribution in [2.45, 2.75) is 130 Å². The van der Waals surface area contributed by atoms with Gasteiger partial charge < -0.3 is 19.1 Å². The Labute approximate surface area is 565 Å². The van der Waals surface area contributed by atoms with E-state index in [4.69, 9.17) is 4.42 Å². The molecule has 0 radical (unpaired) electrons. The smallest absolute Gasteiger partial charge is 0.160 e. The third kappa shape index (κ3) is 11.2. The number of benzene rings is 12. The van der Waals surface area contributed by atoms with Crippen molar-refractivity contribution in [2.75, 3.05) is 14.7 Å². The van der Waals surface area contributed by atoms with Crippen molar-refractivity contribution in [3.8, 4) is 11.1 Å². The van der Waals surface area contributed by atoms with Gasteiger partial charge in [-0.25, -0.2) is 0 Å². The Morgan fingerprint density at radius 2 is 0.632 bits per heavy atom. The predicted molar refractivity (Wildman–Crippen MR) is 410 cm³/mol. The standard InChI is InChI=1S/C90H89N3OSi/c1-86(2,3)60-34-46-68(47-35-60)91(69-48-36-61(37-49-69)87(4,5)6)70-54-42-64(43-55-70)90(65-44-56-73(57-45-65)95(13,14)15)77-58-79(92(66-26-18-16-19-27-66)71-50-38-62(39-51-71)88(7,8)9)74-30-22-23-31-75(74)82(77)84-78(90)59-80(85-83(84)76-32-24-25-33-81(76)94-85)93(67-28-20-17-21-29-67)72-52-40-63(41-53-72)89(10,11)12/h16-59H,1-15H3. The number of para-hydroxylation sites is 3. The maximum atomic E-state index is 7.51. The number of furan rings is 1. The SMILES string of the molecule is CC(C)(C)c1ccc(N(c2ccc(C(C)(C)C)cc2)c2ccc(C3(c4ccc([Si](C)(C)C)cc4)c4cc(N(c5ccccc5)c5ccc(C(C)(C)C)cc5)c5ccccc5c4-c4c3cc(N(c3ccccc3)c3ccc(C(C)(C)C)cc3)c3oc5ccccc5c43)cc2)cc1. The van der Waals surface area contributed by atoms with E-state index in [0.717, 1.165) is 84.1 Å². The lowest BCUT2D eigenvalue weighted by Crippen LogP contribution is -2.38. The molecule has 14 rings (SSSR count). The van der Waals surface area contributed by atoms with Gasteiger partial charge in [-0.15, -0.1) is 0 Å². The van der Waals surface area contributed by atoms with Crippen LogP contribution in [0.3, 0.4) is 0 Å². The zero-order valence-corrected chi connectivity index (χ0v) is 59.2. The second-order valence-electron chi connectivity index (χ2n) is 31.5. The fourth-order valence-electron chi connectivity index (χ4n) is 14.6. The van der Waals surface area contributed by atoms with E-state index in [2.05, 4.69) is 384 Å². The van der Waals surface area contributed by atoms with Crippen molar-refractivity contribution in [1.82, 2.24) is 0 Å². The van der Waals surface area contributed by atoms with E-state index in [1.54, 1.807) is 0 Å². The molecular weight excluding hydrogens is 1170 g/mol. The molecular formula is C90H89N3OSi. The topological polar surface area (TPSA) is 22.9 Å². The Balaban J connectivity index is 1.14. The number of hydrogen-bond donors (Lipinski definition) is 0. The number of anilines is 9. The average Bonchev–Trinajstić information content (AvgIpc) is 1.51. The summed E-state index contributed by atoms with van der Waals surface area (Å²) in [5, 5.41) is 5.91. The van der Waals surface area contributed by atoms with Gasteiger partial charge in [0.05, 0.1) is 24.9 Å². The Morgan fingerprint density at radius 3 is 1.05 bits per heavy atom. The first kappa shape index (κ1) is 62.7. The van der Waals surface area contributed by atoms with Gasteiger partial charge in [0.2, 0.25) is 0 Å². The highest BCUT2D eigenvalue weighted by Gasteiger charge is 2.50. The molecule has 12 aromatic carbocycles. The van der Waals surface area contributed by atoms with Crippen LogP contribution in [-0.4, -0.2) is 8.07 Å². The van der Waals surface area contributed by atoms with Crippen molar-refractivity contribution < 1.29 is 4.42 Å². The Kier molecular flexibility index (Phi) is 15.4. The molecule has 95 heavy (non-hydrogen) atoms. The first-order valence-corrected chi connectivity index (χ1v) is 37.5. The maximum Gasteiger partial charge on any atom is 0.160 e. The highest BCUT2D eigenvalue weighted by Crippen LogP contribution is 2.64. The lowest BCUT2D eigenvalue weighted by molar-refractivity contribution is 0.590. The molecule has 0 fully saturated rings. The molecule has 1 unspecified atom stereocenters. The number of rotatable bonds is 12. The van der Waals surface area contributed by atoms with Gasteiger partial charge in [-0.05, 0) is 186 Å². The van der Waals surface area contributed by atoms with Gasteiger partial charge in [0, 0.05) is 56.0 Å². The van der Waals surface area contributed by atoms with Gasteiger partial charge in [0.15, 0.2) is 5.58 Å². The van der Waals surface area contributed by atoms with Crippen molar-refractivity contribution in [3.05, 3.63) is 311 Å². The predicted octanol–water partition coefficient (Wildman–Crippen LogP) is 25.2. The van der Waals surface area contributed by atoms with E-state index >= 15 is 0 Å². The summed E-state index contributed by atoms with van der Waals surface area (Å²) >= 11 is 0. The van der Waals surface area contributed by atoms with E-state index in [1.807, 2.05) is 0 Å². The lowest BCUT2D eigenvalue weighted by atomic mass is 9.67. The van der Waals surface area contributed by atoms with E-state index in [-0.39, 0.29) is 21.7 Å². The molecule has 1 heterocycles. The molecule has 13 aromatic rings. The van der Waals surface area contributed by atoms with Gasteiger partial charge in [-0.1, -0.05) is 272 Å². The average molecular weight is 1260 g/mol. The van der Waals surface area contributed by atoms with Gasteiger partial charge in [-0.2, -0.15) is 0 Å². The maximum absolute atomic E-state index is 7.51. The Hall–Kier alpha value is -9.68. The fraction of sp³-hybridized carbons (Fsp3) is 0.222. The molecule has 0 amide bonds. The highest BCUT2D eigenvalue weighted by atomic mass is 28.3. The largest absolute Gasteiger partial charge is 0.454 e. The molecule has 0 aliphatic heterocycles. The van der Waals surface area contributed by atoms with Crippen LogP contribution in [0, 0.1) is 0 Å². The molecule has 0 bridgehead atoms. The summed E-state index contributed by atoms with van der Waals surface area (Å²) in [4.78, 5) is 7.38. The molecule has 474 valence electrons. The third-order valence-corrected chi connectivity index (χ3v) is 22.0. The van der Waals surface area contributed by atoms with Crippen LogP contribution >= 0.6 is 0 Å². The third-order valence-electron chi connectivity index (χ3n) is 19.9. The van der Waals surface area contributed by atoms with Crippen LogP contribution in [0.1, 0.15) is 128 Å². The molecule has 1 aliphatic rings. The number of hydrogen-bond acceptors (Lipinski definition) is 4. The van der Waals surface area contributed by atoms with Gasteiger partial charge >= 0.3 is 0 Å². The molecule has 0 spiro atoms. The quantitative estimate of drug-likeness (QED) is 0.114. The summed E-state index contributed by atoms with van der Waals surface area (Å²) in [6, 6.07) is 101. The summed E-state index contributed by atoms with van der Waals surface area (Å²) < 4.78 is 7.51. The monoisotopic (exact) mass is 1260 g/mol. The van der Waals surface area contributed by atoms with Crippen molar-refractivity contribution in [3.63, 3.8) is 0 Å². The highest BCUT2D eigenvalue weighted by molar-refractivity contribution is 6.88. The lowest BCUT2D eigenvalue weighted by Gasteiger charge is -2.37. The van der Waals surface area contributed by atoms with Crippen LogP contribution in [0.2, 0.25) is 19.6 Å². The molecule has 0 saturated heterocycles. The van der Waals surface area contributed by atoms with E-state index in [1.165, 1.54) is 60.6 Å². The fourth-order valence-corrected chi connectivity index (χ4v) is 15.8. The van der Waals surface area contributed by atoms with Crippen LogP contribution < -0.4 is 19.9 Å². The van der Waals surface area contributed by atoms with E-state index < -0.39 is 13.5 Å². The van der Waals surface area contributed by atoms with Crippen LogP contribution in [0.25, 0.3) is 43.8 Å². The molecule has 1 aromatic heterocycles. The zero-order chi connectivity index (χ0) is 66.6. The Bertz CT molecular complexity index is 4900. The molecule has 1 aliphatic carbocycles. The first-order chi connectivity index (χ1) is 45.3. The van der Waals surface area contributed by atoms with Crippen LogP contribution in [0.15, 0.2) is 271 Å². The second kappa shape index (κ2) is 23.4. The van der Waals surface area contributed by atoms with Gasteiger partial charge in [0.1, 0.15) is 5.58 Å². The molecule has 4 nitrogen and oxygen atoms in total. The number of fused-ring (bicyclic) bond motifs is 9. The zero-order valence-electron chi connectivity index (χ0n) is 58.2. The summed E-state index contributed by atoms with van der Waals surface area (Å²) in [6.07, 6.45) is 0. The van der Waals surface area contributed by atoms with Crippen LogP contribution in [-0.2, 0) is 27.1 Å². The van der Waals surface area contributed by atoms with Crippen molar-refractivity contribution >= 4 is 97.2 Å². The first-order valence-electron chi connectivity index (χ1n) is 34.0. The summed E-state index contributed by atoms with van der Waals surface area (Å²) in [7, 11) is -1.81. The van der Waals surface area contributed by atoms with Gasteiger partial charge in [-0.3, -0.25) is 0 Å². The summed E-state index contributed by atoms with van der Waals surface area (Å²) in [5.41, 5.74) is 22.6. The molecule has 0 N–H and O–H groups in total. The van der Waals surface area contributed by atoms with E-state index in [9.17, 15) is 0 Å². The molecule has 1 atom stereocenters. The molecule has 5 heteroatoms. The normalized spacial score (nSPS) is 14.3. The Morgan fingerprint density at radius 1 is 0.305 bits per heavy atom. The summed E-state index contributed by atoms with van der Waals surface area (Å²) in [5.74, 6) is 0. The second-order valence-corrected chi connectivity index (χ2v) is 36.6. The minimum Gasteiger partial charge on any atom is -0.454 e. The van der Waals surface area contributed by atoms with Crippen molar-refractivity contribution in [2.24, 2.45) is 0 Å². The summed E-state index contributed by atoms with van der Waals surface area (Å²) in [6.45, 7) is 34.9. The number of nitrogens with zero attached hydrogens (tertiary/aromatic N) is 3. The van der Waals surface area contributed by atoms with Crippen molar-refractivity contribution in [1.29, 1.82) is 0 Å². The van der Waals surface area contributed by atoms with Crippen LogP contribution in [0.4, 0.5) is 51.2 Å². The van der Waals surface area contributed by atoms with Gasteiger partial charge in [0.25, 0.3) is 0 Å². The minimum atomic E-state index is -1.81. The van der Waals surface area contributed by atoms with Crippen LogP contribution in [0.5, 0.6) is 0 Å².